The lowest BCUT2D eigenvalue weighted by Crippen LogP contribution is -2.37. The van der Waals surface area contributed by atoms with E-state index in [1.54, 1.807) is 7.05 Å². The van der Waals surface area contributed by atoms with Gasteiger partial charge in [-0.1, -0.05) is 13.8 Å². The van der Waals surface area contributed by atoms with Crippen molar-refractivity contribution in [3.8, 4) is 6.07 Å². The highest BCUT2D eigenvalue weighted by atomic mass is 19.4. The molecule has 0 aromatic rings. The van der Waals surface area contributed by atoms with Gasteiger partial charge in [0.05, 0.1) is 6.07 Å². The van der Waals surface area contributed by atoms with Gasteiger partial charge in [0.2, 0.25) is 0 Å². The summed E-state index contributed by atoms with van der Waals surface area (Å²) in [5, 5.41) is 8.45. The quantitative estimate of drug-likeness (QED) is 0.785. The van der Waals surface area contributed by atoms with Crippen molar-refractivity contribution in [1.82, 2.24) is 4.90 Å². The molecule has 0 saturated heterocycles. The fourth-order valence-electron chi connectivity index (χ4n) is 1.32. The van der Waals surface area contributed by atoms with Gasteiger partial charge in [-0.25, -0.2) is 0 Å². The maximum atomic E-state index is 12.3. The lowest BCUT2D eigenvalue weighted by Gasteiger charge is -2.23. The molecule has 0 saturated carbocycles. The first-order chi connectivity index (χ1) is 7.68. The van der Waals surface area contributed by atoms with Crippen LogP contribution in [0.15, 0.2) is 0 Å². The molecule has 0 aliphatic heterocycles. The second-order valence-electron chi connectivity index (χ2n) is 4.68. The molecule has 2 unspecified atom stereocenters. The largest absolute Gasteiger partial charge is 0.405 e. The summed E-state index contributed by atoms with van der Waals surface area (Å²) in [5.74, 6) is -1.62. The predicted molar refractivity (Wildman–Crippen MR) is 60.1 cm³/mol. The standard InChI is InChI=1S/C11H20F3N3/c1-8(2)10(16)4-5-17(3)7-9(6-15)11(12,13)14/h8-10H,4-5,7,16H2,1-3H3. The third-order valence-electron chi connectivity index (χ3n) is 2.75. The third kappa shape index (κ3) is 6.49. The lowest BCUT2D eigenvalue weighted by molar-refractivity contribution is -0.162. The fraction of sp³-hybridized carbons (Fsp3) is 0.909. The Bertz CT molecular complexity index is 258. The molecule has 6 heteroatoms. The molecule has 0 aromatic heterocycles. The Hall–Kier alpha value is -0.800. The number of rotatable bonds is 6. The first-order valence-electron chi connectivity index (χ1n) is 5.59. The van der Waals surface area contributed by atoms with Crippen molar-refractivity contribution in [3.63, 3.8) is 0 Å². The zero-order valence-corrected chi connectivity index (χ0v) is 10.5. The summed E-state index contributed by atoms with van der Waals surface area (Å²) in [6, 6.07) is 1.26. The normalized spacial score (nSPS) is 16.0. The zero-order chi connectivity index (χ0) is 13.6. The molecule has 0 aromatic carbocycles. The molecule has 0 bridgehead atoms. The Morgan fingerprint density at radius 3 is 2.24 bits per heavy atom. The fourth-order valence-corrected chi connectivity index (χ4v) is 1.32. The van der Waals surface area contributed by atoms with Gasteiger partial charge in [-0.05, 0) is 25.9 Å². The van der Waals surface area contributed by atoms with Crippen LogP contribution >= 0.6 is 0 Å². The van der Waals surface area contributed by atoms with Crippen LogP contribution < -0.4 is 5.73 Å². The van der Waals surface area contributed by atoms with E-state index in [1.165, 1.54) is 11.0 Å². The monoisotopic (exact) mass is 251 g/mol. The van der Waals surface area contributed by atoms with Crippen molar-refractivity contribution in [2.45, 2.75) is 32.5 Å². The van der Waals surface area contributed by atoms with Crippen LogP contribution in [0.4, 0.5) is 13.2 Å². The van der Waals surface area contributed by atoms with E-state index < -0.39 is 12.1 Å². The van der Waals surface area contributed by atoms with Crippen molar-refractivity contribution >= 4 is 0 Å². The molecule has 0 spiro atoms. The van der Waals surface area contributed by atoms with E-state index in [0.717, 1.165) is 0 Å². The van der Waals surface area contributed by atoms with E-state index in [9.17, 15) is 13.2 Å². The molecule has 0 amide bonds. The Balaban J connectivity index is 4.10. The van der Waals surface area contributed by atoms with Crippen LogP contribution in [0.1, 0.15) is 20.3 Å². The van der Waals surface area contributed by atoms with Gasteiger partial charge in [-0.15, -0.1) is 0 Å². The number of nitrogens with two attached hydrogens (primary N) is 1. The minimum absolute atomic E-state index is 0.0242. The number of nitriles is 1. The second-order valence-corrected chi connectivity index (χ2v) is 4.68. The molecule has 0 aliphatic rings. The van der Waals surface area contributed by atoms with Crippen LogP contribution in [0.3, 0.4) is 0 Å². The maximum Gasteiger partial charge on any atom is 0.405 e. The molecule has 0 heterocycles. The van der Waals surface area contributed by atoms with Crippen LogP contribution in [0.5, 0.6) is 0 Å². The highest BCUT2D eigenvalue weighted by Gasteiger charge is 2.40. The third-order valence-corrected chi connectivity index (χ3v) is 2.75. The summed E-state index contributed by atoms with van der Waals surface area (Å²) < 4.78 is 37.0. The summed E-state index contributed by atoms with van der Waals surface area (Å²) in [7, 11) is 1.57. The molecular weight excluding hydrogens is 231 g/mol. The van der Waals surface area contributed by atoms with E-state index in [2.05, 4.69) is 0 Å². The molecule has 17 heavy (non-hydrogen) atoms. The molecule has 3 nitrogen and oxygen atoms in total. The maximum absolute atomic E-state index is 12.3. The van der Waals surface area contributed by atoms with Crippen molar-refractivity contribution in [3.05, 3.63) is 0 Å². The van der Waals surface area contributed by atoms with E-state index in [1.807, 2.05) is 13.8 Å². The number of halogens is 3. The topological polar surface area (TPSA) is 53.0 Å². The Labute approximate surface area is 100 Å². The first kappa shape index (κ1) is 16.2. The van der Waals surface area contributed by atoms with Gasteiger partial charge in [-0.2, -0.15) is 18.4 Å². The molecular formula is C11H20F3N3. The van der Waals surface area contributed by atoms with Gasteiger partial charge in [0, 0.05) is 12.6 Å². The van der Waals surface area contributed by atoms with Gasteiger partial charge in [0.15, 0.2) is 5.92 Å². The SMILES string of the molecule is CC(C)C(N)CCN(C)CC(C#N)C(F)(F)F. The Kier molecular flexibility index (Phi) is 6.50. The summed E-state index contributed by atoms with van der Waals surface area (Å²) in [5.41, 5.74) is 5.80. The van der Waals surface area contributed by atoms with Crippen LogP contribution in [0.2, 0.25) is 0 Å². The first-order valence-corrected chi connectivity index (χ1v) is 5.59. The zero-order valence-electron chi connectivity index (χ0n) is 10.5. The minimum Gasteiger partial charge on any atom is -0.327 e. The highest BCUT2D eigenvalue weighted by Crippen LogP contribution is 2.26. The number of hydrogen-bond donors (Lipinski definition) is 1. The van der Waals surface area contributed by atoms with Gasteiger partial charge in [0.1, 0.15) is 0 Å². The van der Waals surface area contributed by atoms with Crippen LogP contribution in [0.25, 0.3) is 0 Å². The molecule has 0 radical (unpaired) electrons. The summed E-state index contributed by atoms with van der Waals surface area (Å²) in [6.07, 6.45) is -3.83. The predicted octanol–water partition coefficient (Wildman–Crippen LogP) is 1.99. The molecule has 100 valence electrons. The molecule has 2 N–H and O–H groups in total. The highest BCUT2D eigenvalue weighted by molar-refractivity contribution is 4.90. The van der Waals surface area contributed by atoms with Gasteiger partial charge in [-0.3, -0.25) is 0 Å². The average molecular weight is 251 g/mol. The Morgan fingerprint density at radius 1 is 1.35 bits per heavy atom. The van der Waals surface area contributed by atoms with Gasteiger partial charge < -0.3 is 10.6 Å². The molecule has 2 atom stereocenters. The molecule has 0 fully saturated rings. The van der Waals surface area contributed by atoms with Crippen molar-refractivity contribution in [1.29, 1.82) is 5.26 Å². The van der Waals surface area contributed by atoms with E-state index in [0.29, 0.717) is 18.9 Å². The van der Waals surface area contributed by atoms with Crippen molar-refractivity contribution in [2.24, 2.45) is 17.6 Å². The second kappa shape index (κ2) is 6.82. The summed E-state index contributed by atoms with van der Waals surface area (Å²) in [6.45, 7) is 4.11. The molecule has 0 aliphatic carbocycles. The lowest BCUT2D eigenvalue weighted by atomic mass is 10.0. The van der Waals surface area contributed by atoms with Gasteiger partial charge in [0.25, 0.3) is 0 Å². The number of nitrogens with zero attached hydrogens (tertiary/aromatic N) is 2. The number of alkyl halides is 3. The van der Waals surface area contributed by atoms with Crippen molar-refractivity contribution in [2.75, 3.05) is 20.1 Å². The van der Waals surface area contributed by atoms with Crippen LogP contribution in [0, 0.1) is 23.2 Å². The van der Waals surface area contributed by atoms with Crippen LogP contribution in [-0.4, -0.2) is 37.3 Å². The Morgan fingerprint density at radius 2 is 1.88 bits per heavy atom. The van der Waals surface area contributed by atoms with E-state index >= 15 is 0 Å². The van der Waals surface area contributed by atoms with Gasteiger partial charge >= 0.3 is 6.18 Å². The van der Waals surface area contributed by atoms with Crippen LogP contribution in [-0.2, 0) is 0 Å². The van der Waals surface area contributed by atoms with Crippen molar-refractivity contribution < 1.29 is 13.2 Å². The number of hydrogen-bond acceptors (Lipinski definition) is 3. The van der Waals surface area contributed by atoms with E-state index in [4.69, 9.17) is 11.0 Å². The van der Waals surface area contributed by atoms with E-state index in [-0.39, 0.29) is 12.6 Å². The molecule has 0 rings (SSSR count). The average Bonchev–Trinajstić information content (AvgIpc) is 2.20. The summed E-state index contributed by atoms with van der Waals surface area (Å²) >= 11 is 0. The minimum atomic E-state index is -4.46. The summed E-state index contributed by atoms with van der Waals surface area (Å²) in [4.78, 5) is 1.50. The smallest absolute Gasteiger partial charge is 0.327 e.